The van der Waals surface area contributed by atoms with Gasteiger partial charge in [0.2, 0.25) is 0 Å². The Hall–Kier alpha value is -3.41. The molecule has 6 nitrogen and oxygen atoms in total. The van der Waals surface area contributed by atoms with Crippen molar-refractivity contribution >= 4 is 23.1 Å². The number of hydrogen-bond acceptors (Lipinski definition) is 5. The first-order valence-electron chi connectivity index (χ1n) is 7.76. The van der Waals surface area contributed by atoms with Gasteiger partial charge in [0.15, 0.2) is 0 Å². The maximum absolute atomic E-state index is 12.1. The molecule has 0 radical (unpaired) electrons. The molecule has 0 aliphatic carbocycles. The van der Waals surface area contributed by atoms with E-state index in [1.807, 2.05) is 31.2 Å². The van der Waals surface area contributed by atoms with Gasteiger partial charge in [0.05, 0.1) is 12.8 Å². The molecular formula is C19H16N2O4. The number of nitrogens with one attached hydrogen (secondary N) is 1. The zero-order valence-corrected chi connectivity index (χ0v) is 13.6. The van der Waals surface area contributed by atoms with Crippen LogP contribution in [0.25, 0.3) is 11.0 Å². The molecule has 0 fully saturated rings. The van der Waals surface area contributed by atoms with Crippen LogP contribution in [0.5, 0.6) is 5.75 Å². The fourth-order valence-electron chi connectivity index (χ4n) is 2.26. The van der Waals surface area contributed by atoms with E-state index in [1.54, 1.807) is 24.3 Å². The van der Waals surface area contributed by atoms with Crippen molar-refractivity contribution in [3.63, 3.8) is 0 Å². The second kappa shape index (κ2) is 7.44. The lowest BCUT2D eigenvalue weighted by Crippen LogP contribution is -2.24. The van der Waals surface area contributed by atoms with Crippen molar-refractivity contribution in [2.75, 3.05) is 6.61 Å². The van der Waals surface area contributed by atoms with Crippen LogP contribution >= 0.6 is 0 Å². The molecule has 0 aliphatic heterocycles. The van der Waals surface area contributed by atoms with E-state index in [1.165, 1.54) is 12.3 Å². The van der Waals surface area contributed by atoms with E-state index >= 15 is 0 Å². The topological polar surface area (TPSA) is 80.9 Å². The normalized spacial score (nSPS) is 10.9. The van der Waals surface area contributed by atoms with E-state index in [-0.39, 0.29) is 5.56 Å². The Labute approximate surface area is 143 Å². The lowest BCUT2D eigenvalue weighted by Gasteiger charge is -2.02. The molecule has 1 aromatic heterocycles. The Bertz CT molecular complexity index is 975. The number of rotatable bonds is 5. The minimum Gasteiger partial charge on any atom is -0.494 e. The quantitative estimate of drug-likeness (QED) is 0.441. The van der Waals surface area contributed by atoms with Gasteiger partial charge in [-0.15, -0.1) is 0 Å². The summed E-state index contributed by atoms with van der Waals surface area (Å²) in [6, 6.07) is 15.7. The number of nitrogens with zero attached hydrogens (tertiary/aromatic N) is 1. The van der Waals surface area contributed by atoms with Gasteiger partial charge in [-0.2, -0.15) is 5.10 Å². The Morgan fingerprint density at radius 3 is 2.72 bits per heavy atom. The summed E-state index contributed by atoms with van der Waals surface area (Å²) in [5.74, 6) is 0.138. The number of hydrazone groups is 1. The monoisotopic (exact) mass is 336 g/mol. The Balaban J connectivity index is 1.72. The third kappa shape index (κ3) is 3.92. The lowest BCUT2D eigenvalue weighted by atomic mass is 10.2. The van der Waals surface area contributed by atoms with Gasteiger partial charge < -0.3 is 9.15 Å². The number of ether oxygens (including phenoxy) is 1. The molecule has 1 N–H and O–H groups in total. The summed E-state index contributed by atoms with van der Waals surface area (Å²) in [5, 5.41) is 4.54. The summed E-state index contributed by atoms with van der Waals surface area (Å²) in [6.45, 7) is 2.51. The predicted molar refractivity (Wildman–Crippen MR) is 95.2 cm³/mol. The summed E-state index contributed by atoms with van der Waals surface area (Å²) in [5.41, 5.74) is 2.75. The van der Waals surface area contributed by atoms with Gasteiger partial charge in [-0.1, -0.05) is 18.2 Å². The zero-order chi connectivity index (χ0) is 17.6. The molecule has 0 spiro atoms. The Kier molecular flexibility index (Phi) is 4.89. The maximum Gasteiger partial charge on any atom is 0.349 e. The first kappa shape index (κ1) is 16.4. The van der Waals surface area contributed by atoms with E-state index in [4.69, 9.17) is 9.15 Å². The van der Waals surface area contributed by atoms with Crippen LogP contribution < -0.4 is 15.8 Å². The number of carbonyl (C=O) groups excluding carboxylic acids is 1. The summed E-state index contributed by atoms with van der Waals surface area (Å²) in [4.78, 5) is 24.0. The van der Waals surface area contributed by atoms with Crippen molar-refractivity contribution in [1.82, 2.24) is 5.43 Å². The fourth-order valence-corrected chi connectivity index (χ4v) is 2.26. The van der Waals surface area contributed by atoms with Crippen LogP contribution in [-0.2, 0) is 0 Å². The fraction of sp³-hybridized carbons (Fsp3) is 0.105. The Morgan fingerprint density at radius 1 is 1.20 bits per heavy atom. The van der Waals surface area contributed by atoms with Crippen LogP contribution in [0, 0.1) is 0 Å². The van der Waals surface area contributed by atoms with Crippen molar-refractivity contribution in [1.29, 1.82) is 0 Å². The highest BCUT2D eigenvalue weighted by atomic mass is 16.5. The molecule has 3 rings (SSSR count). The highest BCUT2D eigenvalue weighted by Crippen LogP contribution is 2.13. The summed E-state index contributed by atoms with van der Waals surface area (Å²) >= 11 is 0. The van der Waals surface area contributed by atoms with E-state index in [0.717, 1.165) is 11.3 Å². The smallest absolute Gasteiger partial charge is 0.349 e. The SMILES string of the molecule is CCOc1ccc(/C=N/NC(=O)c2cc3ccccc3oc2=O)cc1. The standard InChI is InChI=1S/C19H16N2O4/c1-2-24-15-9-7-13(8-10-15)12-20-21-18(22)16-11-14-5-3-4-6-17(14)25-19(16)23/h3-12H,2H2,1H3,(H,21,22)/b20-12+. The average molecular weight is 336 g/mol. The highest BCUT2D eigenvalue weighted by Gasteiger charge is 2.12. The first-order valence-corrected chi connectivity index (χ1v) is 7.76. The van der Waals surface area contributed by atoms with Gasteiger partial charge in [-0.3, -0.25) is 4.79 Å². The number of hydrogen-bond donors (Lipinski definition) is 1. The summed E-state index contributed by atoms with van der Waals surface area (Å²) in [7, 11) is 0. The van der Waals surface area contributed by atoms with Crippen molar-refractivity contribution in [3.05, 3.63) is 76.1 Å². The molecule has 0 atom stereocenters. The minimum absolute atomic E-state index is 0.0949. The number of fused-ring (bicyclic) bond motifs is 1. The molecule has 0 saturated carbocycles. The average Bonchev–Trinajstić information content (AvgIpc) is 2.62. The Morgan fingerprint density at radius 2 is 1.96 bits per heavy atom. The van der Waals surface area contributed by atoms with Crippen LogP contribution in [0.3, 0.4) is 0 Å². The van der Waals surface area contributed by atoms with Crippen LogP contribution in [0.1, 0.15) is 22.8 Å². The molecule has 1 amide bonds. The maximum atomic E-state index is 12.1. The van der Waals surface area contributed by atoms with E-state index in [2.05, 4.69) is 10.5 Å². The van der Waals surface area contributed by atoms with Crippen LogP contribution in [0.15, 0.2) is 68.9 Å². The molecule has 0 bridgehead atoms. The molecule has 0 unspecified atom stereocenters. The van der Waals surface area contributed by atoms with Gasteiger partial charge in [0, 0.05) is 5.39 Å². The third-order valence-corrected chi connectivity index (χ3v) is 3.46. The number of para-hydroxylation sites is 1. The minimum atomic E-state index is -0.701. The summed E-state index contributed by atoms with van der Waals surface area (Å²) < 4.78 is 10.5. The molecule has 1 heterocycles. The molecular weight excluding hydrogens is 320 g/mol. The second-order valence-corrected chi connectivity index (χ2v) is 5.19. The zero-order valence-electron chi connectivity index (χ0n) is 13.6. The van der Waals surface area contributed by atoms with Crippen molar-refractivity contribution < 1.29 is 13.9 Å². The van der Waals surface area contributed by atoms with Crippen LogP contribution in [0.4, 0.5) is 0 Å². The first-order chi connectivity index (χ1) is 12.2. The van der Waals surface area contributed by atoms with Crippen molar-refractivity contribution in [2.24, 2.45) is 5.10 Å². The molecule has 6 heteroatoms. The lowest BCUT2D eigenvalue weighted by molar-refractivity contribution is 0.0951. The van der Waals surface area contributed by atoms with Crippen LogP contribution in [0.2, 0.25) is 0 Å². The number of carbonyl (C=O) groups is 1. The highest BCUT2D eigenvalue weighted by molar-refractivity contribution is 5.97. The van der Waals surface area contributed by atoms with Crippen molar-refractivity contribution in [2.45, 2.75) is 6.92 Å². The number of amides is 1. The summed E-state index contributed by atoms with van der Waals surface area (Å²) in [6.07, 6.45) is 1.48. The van der Waals surface area contributed by atoms with Crippen molar-refractivity contribution in [3.8, 4) is 5.75 Å². The van der Waals surface area contributed by atoms with Gasteiger partial charge in [-0.25, -0.2) is 10.2 Å². The third-order valence-electron chi connectivity index (χ3n) is 3.46. The second-order valence-electron chi connectivity index (χ2n) is 5.19. The predicted octanol–water partition coefficient (Wildman–Crippen LogP) is 2.96. The molecule has 3 aromatic rings. The van der Waals surface area contributed by atoms with Gasteiger partial charge in [-0.05, 0) is 48.9 Å². The van der Waals surface area contributed by atoms with E-state index in [0.29, 0.717) is 17.6 Å². The molecule has 25 heavy (non-hydrogen) atoms. The van der Waals surface area contributed by atoms with E-state index < -0.39 is 11.5 Å². The molecule has 126 valence electrons. The van der Waals surface area contributed by atoms with E-state index in [9.17, 15) is 9.59 Å². The van der Waals surface area contributed by atoms with Gasteiger partial charge in [0.1, 0.15) is 16.9 Å². The van der Waals surface area contributed by atoms with Gasteiger partial charge >= 0.3 is 5.63 Å². The molecule has 0 saturated heterocycles. The van der Waals surface area contributed by atoms with Gasteiger partial charge in [0.25, 0.3) is 5.91 Å². The van der Waals surface area contributed by atoms with Crippen LogP contribution in [-0.4, -0.2) is 18.7 Å². The molecule has 2 aromatic carbocycles. The largest absolute Gasteiger partial charge is 0.494 e. The molecule has 0 aliphatic rings. The number of benzene rings is 2.